The lowest BCUT2D eigenvalue weighted by atomic mass is 10.2. The Balaban J connectivity index is 1.79. The molecule has 0 saturated heterocycles. The molecule has 0 spiro atoms. The summed E-state index contributed by atoms with van der Waals surface area (Å²) in [4.78, 5) is 32.6. The van der Waals surface area contributed by atoms with E-state index in [2.05, 4.69) is 20.4 Å². The number of H-pyrrole nitrogens is 1. The van der Waals surface area contributed by atoms with Gasteiger partial charge in [-0.15, -0.1) is 11.3 Å². The molecule has 0 bridgehead atoms. The number of hydrogen-bond acceptors (Lipinski definition) is 5. The Kier molecular flexibility index (Phi) is 5.05. The van der Waals surface area contributed by atoms with Crippen LogP contribution in [0.4, 0.5) is 10.2 Å². The number of benzene rings is 1. The Morgan fingerprint density at radius 2 is 2.10 bits per heavy atom. The number of anilines is 1. The summed E-state index contributed by atoms with van der Waals surface area (Å²) in [5, 5.41) is 9.15. The van der Waals surface area contributed by atoms with Gasteiger partial charge in [-0.3, -0.25) is 14.6 Å². The van der Waals surface area contributed by atoms with Crippen molar-refractivity contribution in [2.45, 2.75) is 13.3 Å². The number of thiophene rings is 1. The molecule has 0 aliphatic heterocycles. The van der Waals surface area contributed by atoms with Gasteiger partial charge < -0.3 is 5.32 Å². The van der Waals surface area contributed by atoms with Crippen LogP contribution in [-0.4, -0.2) is 25.7 Å². The van der Waals surface area contributed by atoms with Crippen LogP contribution in [0, 0.1) is 5.82 Å². The maximum atomic E-state index is 13.5. The topological polar surface area (TPSA) is 92.7 Å². The number of nitrogens with one attached hydrogen (secondary N) is 2. The fourth-order valence-corrected chi connectivity index (χ4v) is 3.45. The number of aryl methyl sites for hydroxylation is 1. The monoisotopic (exact) mass is 409 g/mol. The van der Waals surface area contributed by atoms with Gasteiger partial charge in [0.1, 0.15) is 17.3 Å². The van der Waals surface area contributed by atoms with Crippen LogP contribution in [-0.2, 0) is 6.42 Å². The molecule has 9 heteroatoms. The van der Waals surface area contributed by atoms with Gasteiger partial charge in [0.15, 0.2) is 0 Å². The molecule has 3 aromatic heterocycles. The number of rotatable bonds is 5. The average molecular weight is 409 g/mol. The van der Waals surface area contributed by atoms with Gasteiger partial charge in [-0.2, -0.15) is 9.78 Å². The van der Waals surface area contributed by atoms with Gasteiger partial charge in [0, 0.05) is 23.4 Å². The largest absolute Gasteiger partial charge is 0.306 e. The van der Waals surface area contributed by atoms with Crippen LogP contribution in [0.15, 0.2) is 58.7 Å². The number of aromatic nitrogens is 4. The Bertz CT molecular complexity index is 1230. The van der Waals surface area contributed by atoms with Crippen LogP contribution in [0.1, 0.15) is 23.0 Å². The van der Waals surface area contributed by atoms with Gasteiger partial charge in [0.2, 0.25) is 5.95 Å². The molecule has 146 valence electrons. The van der Waals surface area contributed by atoms with Crippen molar-refractivity contribution in [3.63, 3.8) is 0 Å². The molecule has 1 aromatic carbocycles. The minimum atomic E-state index is -0.507. The predicted octanol–water partition coefficient (Wildman–Crippen LogP) is 3.64. The number of nitrogens with zero attached hydrogens (tertiary/aromatic N) is 3. The lowest BCUT2D eigenvalue weighted by molar-refractivity contribution is 0.102. The van der Waals surface area contributed by atoms with Crippen molar-refractivity contribution in [2.24, 2.45) is 0 Å². The minimum absolute atomic E-state index is 0.166. The first kappa shape index (κ1) is 18.8. The quantitative estimate of drug-likeness (QED) is 0.526. The number of hydrogen-bond donors (Lipinski definition) is 2. The van der Waals surface area contributed by atoms with Crippen LogP contribution in [0.5, 0.6) is 0 Å². The van der Waals surface area contributed by atoms with Crippen molar-refractivity contribution in [3.8, 4) is 16.5 Å². The number of carbonyl (C=O) groups is 1. The highest BCUT2D eigenvalue weighted by molar-refractivity contribution is 7.13. The first-order chi connectivity index (χ1) is 14.0. The summed E-state index contributed by atoms with van der Waals surface area (Å²) in [6, 6.07) is 12.3. The maximum Gasteiger partial charge on any atom is 0.256 e. The molecule has 1 amide bonds. The molecule has 0 saturated carbocycles. The second-order valence-electron chi connectivity index (χ2n) is 6.18. The summed E-state index contributed by atoms with van der Waals surface area (Å²) >= 11 is 1.49. The molecule has 4 rings (SSSR count). The summed E-state index contributed by atoms with van der Waals surface area (Å²) in [6.45, 7) is 1.89. The van der Waals surface area contributed by atoms with Gasteiger partial charge in [-0.1, -0.05) is 19.1 Å². The lowest BCUT2D eigenvalue weighted by Gasteiger charge is -2.09. The third-order valence-electron chi connectivity index (χ3n) is 4.16. The zero-order valence-corrected chi connectivity index (χ0v) is 16.2. The van der Waals surface area contributed by atoms with Gasteiger partial charge >= 0.3 is 0 Å². The highest BCUT2D eigenvalue weighted by Gasteiger charge is 2.17. The average Bonchev–Trinajstić information content (AvgIpc) is 3.37. The van der Waals surface area contributed by atoms with Crippen LogP contribution >= 0.6 is 11.3 Å². The Morgan fingerprint density at radius 1 is 1.24 bits per heavy atom. The summed E-state index contributed by atoms with van der Waals surface area (Å²) in [6.07, 6.45) is 0.570. The van der Waals surface area contributed by atoms with E-state index in [0.29, 0.717) is 23.6 Å². The maximum absolute atomic E-state index is 13.5. The van der Waals surface area contributed by atoms with E-state index in [-0.39, 0.29) is 17.1 Å². The molecule has 4 aromatic rings. The molecule has 0 unspecified atom stereocenters. The van der Waals surface area contributed by atoms with Crippen molar-refractivity contribution in [2.75, 3.05) is 5.32 Å². The Morgan fingerprint density at radius 3 is 2.83 bits per heavy atom. The number of amides is 1. The van der Waals surface area contributed by atoms with Gasteiger partial charge in [0.05, 0.1) is 4.88 Å². The zero-order valence-electron chi connectivity index (χ0n) is 15.3. The first-order valence-electron chi connectivity index (χ1n) is 8.85. The zero-order chi connectivity index (χ0) is 20.4. The SMILES string of the molecule is CCc1cc(=O)[nH]c(-n2nc(-c3cccs3)cc2NC(=O)c2cccc(F)c2)n1. The van der Waals surface area contributed by atoms with Gasteiger partial charge in [0.25, 0.3) is 11.5 Å². The molecule has 3 heterocycles. The predicted molar refractivity (Wildman–Crippen MR) is 109 cm³/mol. The van der Waals surface area contributed by atoms with E-state index in [1.54, 1.807) is 6.07 Å². The van der Waals surface area contributed by atoms with Crippen molar-refractivity contribution < 1.29 is 9.18 Å². The van der Waals surface area contributed by atoms with E-state index in [4.69, 9.17) is 0 Å². The highest BCUT2D eigenvalue weighted by atomic mass is 32.1. The van der Waals surface area contributed by atoms with Gasteiger partial charge in [-0.25, -0.2) is 9.37 Å². The minimum Gasteiger partial charge on any atom is -0.306 e. The standard InChI is InChI=1S/C20H16FN5O2S/c1-2-14-10-18(27)24-20(22-14)26-17(11-15(25-26)16-7-4-8-29-16)23-19(28)12-5-3-6-13(21)9-12/h3-11H,2H2,1H3,(H,23,28)(H,22,24,27). The fourth-order valence-electron chi connectivity index (χ4n) is 2.77. The molecular formula is C20H16FN5O2S. The fraction of sp³-hybridized carbons (Fsp3) is 0.100. The third-order valence-corrected chi connectivity index (χ3v) is 5.05. The van der Waals surface area contributed by atoms with Crippen molar-refractivity contribution in [3.05, 3.63) is 81.3 Å². The second-order valence-corrected chi connectivity index (χ2v) is 7.13. The Labute approximate surface area is 168 Å². The summed E-state index contributed by atoms with van der Waals surface area (Å²) in [7, 11) is 0. The normalized spacial score (nSPS) is 10.8. The van der Waals surface area contributed by atoms with E-state index < -0.39 is 11.7 Å². The van der Waals surface area contributed by atoms with E-state index >= 15 is 0 Å². The van der Waals surface area contributed by atoms with Crippen LogP contribution in [0.3, 0.4) is 0 Å². The van der Waals surface area contributed by atoms with Crippen molar-refractivity contribution in [1.82, 2.24) is 19.7 Å². The highest BCUT2D eigenvalue weighted by Crippen LogP contribution is 2.27. The first-order valence-corrected chi connectivity index (χ1v) is 9.73. The summed E-state index contributed by atoms with van der Waals surface area (Å²) in [5.41, 5.74) is 1.06. The van der Waals surface area contributed by atoms with Crippen LogP contribution in [0.25, 0.3) is 16.5 Å². The van der Waals surface area contributed by atoms with E-state index in [0.717, 1.165) is 10.9 Å². The smallest absolute Gasteiger partial charge is 0.256 e. The molecule has 29 heavy (non-hydrogen) atoms. The van der Waals surface area contributed by atoms with Crippen molar-refractivity contribution >= 4 is 23.1 Å². The second kappa shape index (κ2) is 7.80. The van der Waals surface area contributed by atoms with Crippen LogP contribution < -0.4 is 10.9 Å². The molecular weight excluding hydrogens is 393 g/mol. The van der Waals surface area contributed by atoms with Crippen LogP contribution in [0.2, 0.25) is 0 Å². The molecule has 7 nitrogen and oxygen atoms in total. The van der Waals surface area contributed by atoms with E-state index in [1.165, 1.54) is 40.3 Å². The Hall–Kier alpha value is -3.59. The summed E-state index contributed by atoms with van der Waals surface area (Å²) in [5.74, 6) is -0.518. The number of carbonyl (C=O) groups excluding carboxylic acids is 1. The van der Waals surface area contributed by atoms with E-state index in [1.807, 2.05) is 24.4 Å². The molecule has 0 aliphatic rings. The number of aromatic amines is 1. The molecule has 0 radical (unpaired) electrons. The third kappa shape index (κ3) is 3.99. The molecule has 2 N–H and O–H groups in total. The molecule has 0 aliphatic carbocycles. The number of halogens is 1. The lowest BCUT2D eigenvalue weighted by Crippen LogP contribution is -2.19. The van der Waals surface area contributed by atoms with Crippen molar-refractivity contribution in [1.29, 1.82) is 0 Å². The summed E-state index contributed by atoms with van der Waals surface area (Å²) < 4.78 is 14.9. The van der Waals surface area contributed by atoms with Gasteiger partial charge in [-0.05, 0) is 36.1 Å². The molecule has 0 atom stereocenters. The van der Waals surface area contributed by atoms with E-state index in [9.17, 15) is 14.0 Å². The molecule has 0 fully saturated rings.